The lowest BCUT2D eigenvalue weighted by atomic mass is 10.1. The Morgan fingerprint density at radius 3 is 2.11 bits per heavy atom. The SMILES string of the molecule is CN(C)c1ccc(CCCNC(=O)CN2C(=O)c3ccccc3C2=O)cc1. The summed E-state index contributed by atoms with van der Waals surface area (Å²) < 4.78 is 0. The zero-order valence-corrected chi connectivity index (χ0v) is 15.6. The van der Waals surface area contributed by atoms with Gasteiger partial charge in [0, 0.05) is 26.3 Å². The van der Waals surface area contributed by atoms with Gasteiger partial charge in [0.05, 0.1) is 11.1 Å². The Morgan fingerprint density at radius 2 is 1.56 bits per heavy atom. The molecule has 0 saturated heterocycles. The number of benzene rings is 2. The molecule has 6 nitrogen and oxygen atoms in total. The van der Waals surface area contributed by atoms with Crippen LogP contribution in [0.1, 0.15) is 32.7 Å². The first-order valence-electron chi connectivity index (χ1n) is 8.95. The molecule has 1 N–H and O–H groups in total. The zero-order chi connectivity index (χ0) is 19.4. The molecule has 0 radical (unpaired) electrons. The van der Waals surface area contributed by atoms with Crippen LogP contribution in [0.25, 0.3) is 0 Å². The number of nitrogens with zero attached hydrogens (tertiary/aromatic N) is 2. The molecule has 0 aliphatic carbocycles. The fraction of sp³-hybridized carbons (Fsp3) is 0.286. The molecular formula is C21H23N3O3. The van der Waals surface area contributed by atoms with E-state index in [2.05, 4.69) is 29.6 Å². The number of anilines is 1. The Kier molecular flexibility index (Phi) is 5.54. The number of hydrogen-bond donors (Lipinski definition) is 1. The molecule has 0 unspecified atom stereocenters. The monoisotopic (exact) mass is 365 g/mol. The van der Waals surface area contributed by atoms with Crippen LogP contribution < -0.4 is 10.2 Å². The largest absolute Gasteiger partial charge is 0.378 e. The van der Waals surface area contributed by atoms with Gasteiger partial charge in [-0.3, -0.25) is 19.3 Å². The third kappa shape index (κ3) is 4.16. The maximum absolute atomic E-state index is 12.3. The maximum atomic E-state index is 12.3. The van der Waals surface area contributed by atoms with Crippen molar-refractivity contribution < 1.29 is 14.4 Å². The number of aryl methyl sites for hydroxylation is 1. The van der Waals surface area contributed by atoms with Gasteiger partial charge in [-0.2, -0.15) is 0 Å². The molecule has 3 amide bonds. The molecule has 0 atom stereocenters. The minimum absolute atomic E-state index is 0.246. The third-order valence-electron chi connectivity index (χ3n) is 4.60. The highest BCUT2D eigenvalue weighted by atomic mass is 16.2. The van der Waals surface area contributed by atoms with Gasteiger partial charge in [-0.15, -0.1) is 0 Å². The summed E-state index contributed by atoms with van der Waals surface area (Å²) in [5.74, 6) is -1.15. The van der Waals surface area contributed by atoms with E-state index in [1.807, 2.05) is 19.0 Å². The van der Waals surface area contributed by atoms with Gasteiger partial charge in [0.1, 0.15) is 6.54 Å². The van der Waals surface area contributed by atoms with Crippen molar-refractivity contribution in [2.24, 2.45) is 0 Å². The number of amides is 3. The predicted molar refractivity (Wildman–Crippen MR) is 104 cm³/mol. The molecule has 1 aliphatic rings. The predicted octanol–water partition coefficient (Wildman–Crippen LogP) is 2.10. The Labute approximate surface area is 158 Å². The highest BCUT2D eigenvalue weighted by Gasteiger charge is 2.36. The smallest absolute Gasteiger partial charge is 0.262 e. The summed E-state index contributed by atoms with van der Waals surface area (Å²) in [5.41, 5.74) is 3.07. The number of imide groups is 1. The van der Waals surface area contributed by atoms with E-state index in [-0.39, 0.29) is 12.5 Å². The summed E-state index contributed by atoms with van der Waals surface area (Å²) in [7, 11) is 4.00. The van der Waals surface area contributed by atoms with Crippen LogP contribution in [-0.2, 0) is 11.2 Å². The molecule has 27 heavy (non-hydrogen) atoms. The second kappa shape index (κ2) is 8.03. The van der Waals surface area contributed by atoms with Crippen LogP contribution in [-0.4, -0.2) is 49.8 Å². The average Bonchev–Trinajstić information content (AvgIpc) is 2.91. The minimum atomic E-state index is -0.410. The molecule has 0 fully saturated rings. The van der Waals surface area contributed by atoms with Gasteiger partial charge in [0.2, 0.25) is 5.91 Å². The van der Waals surface area contributed by atoms with Crippen LogP contribution in [0.15, 0.2) is 48.5 Å². The topological polar surface area (TPSA) is 69.7 Å². The van der Waals surface area contributed by atoms with E-state index in [9.17, 15) is 14.4 Å². The number of nitrogens with one attached hydrogen (secondary N) is 1. The summed E-state index contributed by atoms with van der Waals surface area (Å²) in [4.78, 5) is 39.7. The molecule has 2 aromatic carbocycles. The maximum Gasteiger partial charge on any atom is 0.262 e. The summed E-state index contributed by atoms with van der Waals surface area (Å²) in [6.07, 6.45) is 1.64. The van der Waals surface area contributed by atoms with E-state index in [1.54, 1.807) is 24.3 Å². The molecule has 0 aromatic heterocycles. The van der Waals surface area contributed by atoms with Crippen molar-refractivity contribution in [3.63, 3.8) is 0 Å². The first kappa shape index (κ1) is 18.6. The van der Waals surface area contributed by atoms with Gasteiger partial charge in [0.25, 0.3) is 11.8 Å². The highest BCUT2D eigenvalue weighted by molar-refractivity contribution is 6.22. The van der Waals surface area contributed by atoms with Crippen LogP contribution in [0.2, 0.25) is 0 Å². The van der Waals surface area contributed by atoms with Gasteiger partial charge in [-0.05, 0) is 42.7 Å². The molecule has 2 aromatic rings. The van der Waals surface area contributed by atoms with Crippen LogP contribution >= 0.6 is 0 Å². The standard InChI is InChI=1S/C21H23N3O3/c1-23(2)16-11-9-15(10-12-16)6-5-13-22-19(25)14-24-20(26)17-7-3-4-8-18(17)21(24)27/h3-4,7-12H,5-6,13-14H2,1-2H3,(H,22,25). The Bertz CT molecular complexity index is 824. The summed E-state index contributed by atoms with van der Waals surface area (Å²) >= 11 is 0. The quantitative estimate of drug-likeness (QED) is 0.603. The molecule has 0 spiro atoms. The van der Waals surface area contributed by atoms with Crippen molar-refractivity contribution in [1.29, 1.82) is 0 Å². The average molecular weight is 365 g/mol. The first-order chi connectivity index (χ1) is 13.0. The zero-order valence-electron chi connectivity index (χ0n) is 15.6. The second-order valence-corrected chi connectivity index (χ2v) is 6.76. The Morgan fingerprint density at radius 1 is 0.963 bits per heavy atom. The van der Waals surface area contributed by atoms with Crippen molar-refractivity contribution >= 4 is 23.4 Å². The normalized spacial score (nSPS) is 12.9. The third-order valence-corrected chi connectivity index (χ3v) is 4.60. The fourth-order valence-electron chi connectivity index (χ4n) is 3.06. The highest BCUT2D eigenvalue weighted by Crippen LogP contribution is 2.21. The van der Waals surface area contributed by atoms with Gasteiger partial charge in [0.15, 0.2) is 0 Å². The van der Waals surface area contributed by atoms with E-state index in [4.69, 9.17) is 0 Å². The number of rotatable bonds is 7. The number of hydrogen-bond acceptors (Lipinski definition) is 4. The second-order valence-electron chi connectivity index (χ2n) is 6.76. The molecule has 1 aliphatic heterocycles. The van der Waals surface area contributed by atoms with E-state index >= 15 is 0 Å². The molecule has 1 heterocycles. The Balaban J connectivity index is 1.44. The van der Waals surface area contributed by atoms with Crippen molar-refractivity contribution in [1.82, 2.24) is 10.2 Å². The molecule has 0 bridgehead atoms. The van der Waals surface area contributed by atoms with E-state index in [0.717, 1.165) is 23.4 Å². The first-order valence-corrected chi connectivity index (χ1v) is 8.95. The number of carbonyl (C=O) groups is 3. The van der Waals surface area contributed by atoms with Crippen molar-refractivity contribution in [2.75, 3.05) is 32.1 Å². The number of carbonyl (C=O) groups excluding carboxylic acids is 3. The molecule has 0 saturated carbocycles. The van der Waals surface area contributed by atoms with Gasteiger partial charge < -0.3 is 10.2 Å². The lowest BCUT2D eigenvalue weighted by molar-refractivity contribution is -0.121. The summed E-state index contributed by atoms with van der Waals surface area (Å²) in [6.45, 7) is 0.251. The van der Waals surface area contributed by atoms with Crippen LogP contribution in [0.4, 0.5) is 5.69 Å². The summed E-state index contributed by atoms with van der Waals surface area (Å²) in [6, 6.07) is 14.9. The van der Waals surface area contributed by atoms with Crippen molar-refractivity contribution in [2.45, 2.75) is 12.8 Å². The molecule has 140 valence electrons. The fourth-order valence-corrected chi connectivity index (χ4v) is 3.06. The van der Waals surface area contributed by atoms with E-state index < -0.39 is 11.8 Å². The lowest BCUT2D eigenvalue weighted by Crippen LogP contribution is -2.40. The van der Waals surface area contributed by atoms with Gasteiger partial charge >= 0.3 is 0 Å². The molecule has 6 heteroatoms. The van der Waals surface area contributed by atoms with Crippen molar-refractivity contribution in [3.8, 4) is 0 Å². The number of fused-ring (bicyclic) bond motifs is 1. The minimum Gasteiger partial charge on any atom is -0.378 e. The molecule has 3 rings (SSSR count). The van der Waals surface area contributed by atoms with Crippen molar-refractivity contribution in [3.05, 3.63) is 65.2 Å². The van der Waals surface area contributed by atoms with E-state index in [0.29, 0.717) is 17.7 Å². The summed E-state index contributed by atoms with van der Waals surface area (Å²) in [5, 5.41) is 2.78. The van der Waals surface area contributed by atoms with Gasteiger partial charge in [-0.25, -0.2) is 0 Å². The van der Waals surface area contributed by atoms with E-state index in [1.165, 1.54) is 5.56 Å². The Hall–Kier alpha value is -3.15. The van der Waals surface area contributed by atoms with Crippen LogP contribution in [0.3, 0.4) is 0 Å². The van der Waals surface area contributed by atoms with Crippen LogP contribution in [0.5, 0.6) is 0 Å². The van der Waals surface area contributed by atoms with Crippen LogP contribution in [0, 0.1) is 0 Å². The van der Waals surface area contributed by atoms with Gasteiger partial charge in [-0.1, -0.05) is 24.3 Å². The molecular weight excluding hydrogens is 342 g/mol. The lowest BCUT2D eigenvalue weighted by Gasteiger charge is -2.14.